The van der Waals surface area contributed by atoms with Gasteiger partial charge >= 0.3 is 0 Å². The molecule has 0 saturated heterocycles. The summed E-state index contributed by atoms with van der Waals surface area (Å²) in [4.78, 5) is 12.6. The molecule has 0 bridgehead atoms. The van der Waals surface area contributed by atoms with Crippen LogP contribution in [0.1, 0.15) is 12.5 Å². The summed E-state index contributed by atoms with van der Waals surface area (Å²) in [6, 6.07) is 7.72. The van der Waals surface area contributed by atoms with E-state index in [4.69, 9.17) is 10.5 Å². The number of nitrogens with two attached hydrogens (primary N) is 1. The Morgan fingerprint density at radius 2 is 2.11 bits per heavy atom. The maximum Gasteiger partial charge on any atom is 0.256 e. The van der Waals surface area contributed by atoms with Crippen molar-refractivity contribution >= 4 is 33.6 Å². The van der Waals surface area contributed by atoms with Crippen LogP contribution in [0.4, 0.5) is 0 Å². The molecular formula is C14H16BrNO2S. The van der Waals surface area contributed by atoms with Crippen LogP contribution in [0.2, 0.25) is 0 Å². The number of benzene rings is 1. The molecule has 0 atom stereocenters. The van der Waals surface area contributed by atoms with Crippen molar-refractivity contribution in [1.29, 1.82) is 0 Å². The van der Waals surface area contributed by atoms with Crippen LogP contribution >= 0.6 is 27.7 Å². The third-order valence-electron chi connectivity index (χ3n) is 2.36. The summed E-state index contributed by atoms with van der Waals surface area (Å²) >= 11 is 4.56. The van der Waals surface area contributed by atoms with Gasteiger partial charge in [0.05, 0.1) is 12.0 Å². The first-order valence-electron chi connectivity index (χ1n) is 5.59. The van der Waals surface area contributed by atoms with Gasteiger partial charge in [0.15, 0.2) is 0 Å². The van der Waals surface area contributed by atoms with Gasteiger partial charge < -0.3 is 10.5 Å². The summed E-state index contributed by atoms with van der Waals surface area (Å²) < 4.78 is 6.00. The molecule has 1 aromatic rings. The number of rotatable bonds is 6. The largest absolute Gasteiger partial charge is 0.496 e. The Morgan fingerprint density at radius 3 is 2.63 bits per heavy atom. The van der Waals surface area contributed by atoms with Crippen LogP contribution in [0.25, 0.3) is 0 Å². The van der Waals surface area contributed by atoms with Crippen molar-refractivity contribution in [2.75, 3.05) is 7.11 Å². The van der Waals surface area contributed by atoms with Crippen LogP contribution in [0.5, 0.6) is 5.75 Å². The van der Waals surface area contributed by atoms with E-state index in [0.29, 0.717) is 15.8 Å². The third kappa shape index (κ3) is 4.76. The number of amides is 1. The molecule has 1 aromatic carbocycles. The van der Waals surface area contributed by atoms with Gasteiger partial charge in [0.2, 0.25) is 0 Å². The molecule has 0 spiro atoms. The minimum atomic E-state index is -0.458. The molecule has 0 radical (unpaired) electrons. The van der Waals surface area contributed by atoms with Crippen molar-refractivity contribution in [2.45, 2.75) is 13.3 Å². The highest BCUT2D eigenvalue weighted by Gasteiger charge is 2.12. The molecule has 3 nitrogen and oxygen atoms in total. The summed E-state index contributed by atoms with van der Waals surface area (Å²) in [5.41, 5.74) is 6.35. The number of methoxy groups -OCH3 is 1. The van der Waals surface area contributed by atoms with Gasteiger partial charge in [-0.3, -0.25) is 4.79 Å². The van der Waals surface area contributed by atoms with Crippen molar-refractivity contribution in [3.63, 3.8) is 0 Å². The lowest BCUT2D eigenvalue weighted by Gasteiger charge is -2.11. The number of carbonyl (C=O) groups is 1. The summed E-state index contributed by atoms with van der Waals surface area (Å²) in [7, 11) is 1.63. The number of para-hydroxylation sites is 1. The van der Waals surface area contributed by atoms with E-state index in [1.807, 2.05) is 24.3 Å². The molecule has 2 N–H and O–H groups in total. The fourth-order valence-corrected chi connectivity index (χ4v) is 2.73. The van der Waals surface area contributed by atoms with Crippen LogP contribution in [0.3, 0.4) is 0 Å². The zero-order valence-corrected chi connectivity index (χ0v) is 13.3. The van der Waals surface area contributed by atoms with Gasteiger partial charge in [0.1, 0.15) is 5.75 Å². The Morgan fingerprint density at radius 1 is 1.47 bits per heavy atom. The quantitative estimate of drug-likeness (QED) is 0.804. The zero-order valence-electron chi connectivity index (χ0n) is 10.9. The second-order valence-corrected chi connectivity index (χ2v) is 6.24. The molecule has 0 aliphatic rings. The van der Waals surface area contributed by atoms with E-state index in [0.717, 1.165) is 16.2 Å². The van der Waals surface area contributed by atoms with Crippen LogP contribution in [-0.2, 0) is 11.2 Å². The molecular weight excluding hydrogens is 326 g/mol. The summed E-state index contributed by atoms with van der Waals surface area (Å²) in [6.45, 7) is 5.76. The van der Waals surface area contributed by atoms with E-state index in [1.165, 1.54) is 11.8 Å². The van der Waals surface area contributed by atoms with Gasteiger partial charge in [0, 0.05) is 10.9 Å². The first kappa shape index (κ1) is 15.9. The van der Waals surface area contributed by atoms with E-state index >= 15 is 0 Å². The van der Waals surface area contributed by atoms with E-state index < -0.39 is 5.91 Å². The van der Waals surface area contributed by atoms with Gasteiger partial charge in [-0.05, 0) is 23.5 Å². The summed E-state index contributed by atoms with van der Waals surface area (Å²) in [5, 5.41) is 0. The second-order valence-electron chi connectivity index (χ2n) is 3.86. The standard InChI is InChI=1S/C14H16BrNO2S/c1-9(19-13(10(2)15)14(16)17)8-11-6-4-5-7-12(11)18-3/h4-7H,1,8H2,2-3H3,(H2,16,17)/b13-10+. The van der Waals surface area contributed by atoms with Crippen LogP contribution < -0.4 is 10.5 Å². The fraction of sp³-hybridized carbons (Fsp3) is 0.214. The van der Waals surface area contributed by atoms with E-state index in [2.05, 4.69) is 22.5 Å². The molecule has 102 valence electrons. The molecule has 19 heavy (non-hydrogen) atoms. The Balaban J connectivity index is 2.81. The number of halogens is 1. The highest BCUT2D eigenvalue weighted by molar-refractivity contribution is 9.11. The van der Waals surface area contributed by atoms with Gasteiger partial charge in [-0.25, -0.2) is 0 Å². The van der Waals surface area contributed by atoms with Crippen molar-refractivity contribution in [3.05, 3.63) is 50.7 Å². The maximum atomic E-state index is 11.3. The molecule has 0 fully saturated rings. The minimum Gasteiger partial charge on any atom is -0.496 e. The number of thioether (sulfide) groups is 1. The van der Waals surface area contributed by atoms with Gasteiger partial charge in [-0.15, -0.1) is 0 Å². The third-order valence-corrected chi connectivity index (χ3v) is 4.17. The Bertz CT molecular complexity index is 522. The van der Waals surface area contributed by atoms with Gasteiger partial charge in [-0.2, -0.15) is 0 Å². The number of hydrogen-bond acceptors (Lipinski definition) is 3. The van der Waals surface area contributed by atoms with Gasteiger partial charge in [0.25, 0.3) is 5.91 Å². The lowest BCUT2D eigenvalue weighted by molar-refractivity contribution is -0.113. The Hall–Kier alpha value is -1.20. The first-order valence-corrected chi connectivity index (χ1v) is 7.20. The number of ether oxygens (including phenoxy) is 1. The molecule has 0 aliphatic carbocycles. The zero-order chi connectivity index (χ0) is 14.4. The number of primary amides is 1. The molecule has 0 aliphatic heterocycles. The maximum absolute atomic E-state index is 11.3. The van der Waals surface area contributed by atoms with Crippen molar-refractivity contribution in [1.82, 2.24) is 0 Å². The predicted octanol–water partition coefficient (Wildman–Crippen LogP) is 3.60. The summed E-state index contributed by atoms with van der Waals surface area (Å²) in [5.74, 6) is 0.352. The lowest BCUT2D eigenvalue weighted by Crippen LogP contribution is -2.12. The van der Waals surface area contributed by atoms with Crippen LogP contribution in [0, 0.1) is 0 Å². The van der Waals surface area contributed by atoms with Crippen molar-refractivity contribution < 1.29 is 9.53 Å². The molecule has 0 heterocycles. The summed E-state index contributed by atoms with van der Waals surface area (Å²) in [6.07, 6.45) is 0.617. The molecule has 5 heteroatoms. The van der Waals surface area contributed by atoms with Gasteiger partial charge in [-0.1, -0.05) is 52.5 Å². The number of carbonyl (C=O) groups excluding carboxylic acids is 1. The Labute approximate surface area is 126 Å². The topological polar surface area (TPSA) is 52.3 Å². The molecule has 0 saturated carbocycles. The first-order chi connectivity index (χ1) is 8.95. The molecule has 1 amide bonds. The second kappa shape index (κ2) is 7.40. The van der Waals surface area contributed by atoms with E-state index in [9.17, 15) is 4.79 Å². The highest BCUT2D eigenvalue weighted by atomic mass is 79.9. The van der Waals surface area contributed by atoms with Crippen molar-refractivity contribution in [2.24, 2.45) is 5.73 Å². The van der Waals surface area contributed by atoms with E-state index in [-0.39, 0.29) is 0 Å². The van der Waals surface area contributed by atoms with E-state index in [1.54, 1.807) is 14.0 Å². The molecule has 0 aromatic heterocycles. The van der Waals surface area contributed by atoms with Crippen LogP contribution in [-0.4, -0.2) is 13.0 Å². The average Bonchev–Trinajstić information content (AvgIpc) is 2.36. The average molecular weight is 342 g/mol. The van der Waals surface area contributed by atoms with Crippen LogP contribution in [0.15, 0.2) is 45.1 Å². The number of hydrogen-bond donors (Lipinski definition) is 1. The lowest BCUT2D eigenvalue weighted by atomic mass is 10.1. The highest BCUT2D eigenvalue weighted by Crippen LogP contribution is 2.32. The molecule has 1 rings (SSSR count). The van der Waals surface area contributed by atoms with Crippen molar-refractivity contribution in [3.8, 4) is 5.75 Å². The number of allylic oxidation sites excluding steroid dienone is 2. The minimum absolute atomic E-state index is 0.458. The monoisotopic (exact) mass is 341 g/mol. The normalized spacial score (nSPS) is 11.7. The SMILES string of the molecule is C=C(Cc1ccccc1OC)S/C(C(N)=O)=C(\C)Br. The smallest absolute Gasteiger partial charge is 0.256 e. The predicted molar refractivity (Wildman–Crippen MR) is 84.3 cm³/mol. The fourth-order valence-electron chi connectivity index (χ4n) is 1.53. The molecule has 0 unspecified atom stereocenters. The Kier molecular flexibility index (Phi) is 6.18.